The molecular formula is C27H27ClN6O2. The van der Waals surface area contributed by atoms with E-state index < -0.39 is 5.41 Å². The first-order valence-corrected chi connectivity index (χ1v) is 12.8. The third-order valence-electron chi connectivity index (χ3n) is 8.77. The maximum Gasteiger partial charge on any atom is 0.263 e. The summed E-state index contributed by atoms with van der Waals surface area (Å²) in [6.45, 7) is 1.56. The number of rotatable bonds is 3. The van der Waals surface area contributed by atoms with Crippen molar-refractivity contribution in [2.45, 2.75) is 43.6 Å². The quantitative estimate of drug-likeness (QED) is 0.336. The molecule has 7 rings (SSSR count). The van der Waals surface area contributed by atoms with E-state index in [1.54, 1.807) is 12.1 Å². The third kappa shape index (κ3) is 3.01. The number of phenolic OH excluding ortho intramolecular Hbond substituents is 1. The number of nitrogens with two attached hydrogens (primary N) is 1. The van der Waals surface area contributed by atoms with Gasteiger partial charge in [-0.1, -0.05) is 48.0 Å². The summed E-state index contributed by atoms with van der Waals surface area (Å²) in [7, 11) is 0. The van der Waals surface area contributed by atoms with Crippen molar-refractivity contribution in [3.05, 3.63) is 80.2 Å². The topological polar surface area (TPSA) is 124 Å². The molecule has 1 saturated carbocycles. The number of aromatic nitrogens is 4. The van der Waals surface area contributed by atoms with Crippen LogP contribution in [-0.2, 0) is 11.8 Å². The predicted molar refractivity (Wildman–Crippen MR) is 139 cm³/mol. The van der Waals surface area contributed by atoms with Crippen LogP contribution in [0.1, 0.15) is 54.1 Å². The van der Waals surface area contributed by atoms with Gasteiger partial charge in [0, 0.05) is 24.5 Å². The van der Waals surface area contributed by atoms with Crippen molar-refractivity contribution in [3.63, 3.8) is 0 Å². The number of aromatic amines is 2. The largest absolute Gasteiger partial charge is 0.506 e. The summed E-state index contributed by atoms with van der Waals surface area (Å²) >= 11 is 6.44. The molecule has 3 aliphatic rings. The van der Waals surface area contributed by atoms with Crippen molar-refractivity contribution < 1.29 is 5.11 Å². The minimum absolute atomic E-state index is 0.0301. The van der Waals surface area contributed by atoms with Crippen LogP contribution < -0.4 is 16.2 Å². The number of H-pyrrole nitrogens is 2. The summed E-state index contributed by atoms with van der Waals surface area (Å²) in [4.78, 5) is 23.3. The first kappa shape index (κ1) is 21.9. The number of hydrogen-bond acceptors (Lipinski definition) is 6. The van der Waals surface area contributed by atoms with E-state index in [2.05, 4.69) is 44.3 Å². The fourth-order valence-electron chi connectivity index (χ4n) is 6.54. The Bertz CT molecular complexity index is 1560. The Balaban J connectivity index is 1.18. The van der Waals surface area contributed by atoms with Gasteiger partial charge < -0.3 is 15.7 Å². The second kappa shape index (κ2) is 7.57. The number of piperidine rings is 1. The van der Waals surface area contributed by atoms with Crippen LogP contribution in [0.2, 0.25) is 5.02 Å². The Morgan fingerprint density at radius 3 is 2.61 bits per heavy atom. The van der Waals surface area contributed by atoms with Crippen LogP contribution in [-0.4, -0.2) is 38.4 Å². The number of benzene rings is 2. The molecule has 2 fully saturated rings. The van der Waals surface area contributed by atoms with Crippen molar-refractivity contribution in [3.8, 4) is 5.75 Å². The van der Waals surface area contributed by atoms with E-state index in [9.17, 15) is 9.90 Å². The Morgan fingerprint density at radius 2 is 1.86 bits per heavy atom. The number of fused-ring (bicyclic) bond motifs is 2. The molecule has 0 radical (unpaired) electrons. The lowest BCUT2D eigenvalue weighted by molar-refractivity contribution is 0.187. The predicted octanol–water partition coefficient (Wildman–Crippen LogP) is 3.93. The molecule has 2 aromatic heterocycles. The molecule has 1 saturated heterocycles. The number of aromatic hydroxyl groups is 1. The van der Waals surface area contributed by atoms with Gasteiger partial charge in [0.1, 0.15) is 11.1 Å². The zero-order valence-electron chi connectivity index (χ0n) is 19.7. The van der Waals surface area contributed by atoms with Crippen molar-refractivity contribution >= 4 is 28.6 Å². The minimum Gasteiger partial charge on any atom is -0.506 e. The Labute approximate surface area is 212 Å². The molecule has 0 amide bonds. The van der Waals surface area contributed by atoms with Gasteiger partial charge in [-0.15, -0.1) is 0 Å². The zero-order valence-corrected chi connectivity index (χ0v) is 20.5. The van der Waals surface area contributed by atoms with Crippen LogP contribution in [0.4, 0.5) is 5.95 Å². The molecule has 9 heteroatoms. The van der Waals surface area contributed by atoms with Crippen LogP contribution in [0.3, 0.4) is 0 Å². The van der Waals surface area contributed by atoms with Crippen LogP contribution in [0.15, 0.2) is 47.3 Å². The fourth-order valence-corrected chi connectivity index (χ4v) is 6.85. The first-order chi connectivity index (χ1) is 17.4. The van der Waals surface area contributed by atoms with Gasteiger partial charge in [-0.05, 0) is 60.3 Å². The van der Waals surface area contributed by atoms with Crippen LogP contribution in [0.5, 0.6) is 5.75 Å². The van der Waals surface area contributed by atoms with E-state index in [0.717, 1.165) is 50.8 Å². The van der Waals surface area contributed by atoms with Gasteiger partial charge in [0.2, 0.25) is 5.95 Å². The lowest BCUT2D eigenvalue weighted by atomic mass is 9.73. The molecular weight excluding hydrogens is 476 g/mol. The van der Waals surface area contributed by atoms with E-state index in [0.29, 0.717) is 27.7 Å². The summed E-state index contributed by atoms with van der Waals surface area (Å²) in [5.41, 5.74) is 10.6. The molecule has 2 aromatic carbocycles. The molecule has 8 nitrogen and oxygen atoms in total. The monoisotopic (exact) mass is 502 g/mol. The third-order valence-corrected chi connectivity index (χ3v) is 9.16. The second-order valence-corrected chi connectivity index (χ2v) is 11.0. The summed E-state index contributed by atoms with van der Waals surface area (Å²) in [5, 5.41) is 18.4. The molecule has 1 atom stereocenters. The van der Waals surface area contributed by atoms with Gasteiger partial charge in [0.15, 0.2) is 5.65 Å². The summed E-state index contributed by atoms with van der Waals surface area (Å²) in [6, 6.07) is 13.8. The van der Waals surface area contributed by atoms with Crippen molar-refractivity contribution in [2.24, 2.45) is 11.1 Å². The highest BCUT2D eigenvalue weighted by Gasteiger charge is 2.51. The van der Waals surface area contributed by atoms with Gasteiger partial charge in [0.05, 0.1) is 10.7 Å². The second-order valence-electron chi connectivity index (χ2n) is 10.6. The fraction of sp³-hybridized carbons (Fsp3) is 0.370. The SMILES string of the molecule is N[C@@H]1c2ccccc2CC12CCN(c1nc3[nH]nc(C4(c5cccc(O)c5Cl)CC4)c3c(=O)[nH]1)CC2. The van der Waals surface area contributed by atoms with E-state index in [1.165, 1.54) is 11.1 Å². The van der Waals surface area contributed by atoms with E-state index >= 15 is 0 Å². The Hall–Kier alpha value is -3.36. The standard InChI is InChI=1S/C27H27ClN6O2/c28-20-17(6-3-7-18(20)35)27(8-9-27)22-19-23(33-32-22)30-25(31-24(19)36)34-12-10-26(11-13-34)14-15-4-1-2-5-16(15)21(26)29/h1-7,21,35H,8-14,29H2,(H2,30,31,32,33,36)/t21-/m1/s1. The van der Waals surface area contributed by atoms with Gasteiger partial charge in [-0.2, -0.15) is 10.1 Å². The molecule has 4 aromatic rings. The lowest BCUT2D eigenvalue weighted by Crippen LogP contribution is -2.45. The molecule has 5 N–H and O–H groups in total. The summed E-state index contributed by atoms with van der Waals surface area (Å²) < 4.78 is 0. The minimum atomic E-state index is -0.491. The first-order valence-electron chi connectivity index (χ1n) is 12.5. The Kier molecular flexibility index (Phi) is 4.60. The molecule has 184 valence electrons. The van der Waals surface area contributed by atoms with Gasteiger partial charge in [-0.25, -0.2) is 0 Å². The van der Waals surface area contributed by atoms with Crippen molar-refractivity contribution in [1.82, 2.24) is 20.2 Å². The normalized spacial score (nSPS) is 21.7. The number of anilines is 1. The van der Waals surface area contributed by atoms with Crippen LogP contribution >= 0.6 is 11.6 Å². The number of halogens is 1. The lowest BCUT2D eigenvalue weighted by Gasteiger charge is -2.42. The van der Waals surface area contributed by atoms with E-state index in [-0.39, 0.29) is 22.8 Å². The summed E-state index contributed by atoms with van der Waals surface area (Å²) in [5.74, 6) is 0.587. The van der Waals surface area contributed by atoms with Gasteiger partial charge in [-0.3, -0.25) is 14.9 Å². The van der Waals surface area contributed by atoms with Crippen molar-refractivity contribution in [2.75, 3.05) is 18.0 Å². The highest BCUT2D eigenvalue weighted by Crippen LogP contribution is 2.57. The average Bonchev–Trinajstić information content (AvgIpc) is 3.48. The number of nitrogens with zero attached hydrogens (tertiary/aromatic N) is 3. The van der Waals surface area contributed by atoms with E-state index in [1.807, 2.05) is 6.07 Å². The maximum absolute atomic E-state index is 13.3. The van der Waals surface area contributed by atoms with Gasteiger partial charge in [0.25, 0.3) is 5.56 Å². The highest BCUT2D eigenvalue weighted by molar-refractivity contribution is 6.33. The molecule has 0 unspecified atom stereocenters. The van der Waals surface area contributed by atoms with Crippen LogP contribution in [0.25, 0.3) is 11.0 Å². The van der Waals surface area contributed by atoms with Crippen LogP contribution in [0, 0.1) is 5.41 Å². The Morgan fingerprint density at radius 1 is 1.08 bits per heavy atom. The van der Waals surface area contributed by atoms with Gasteiger partial charge >= 0.3 is 0 Å². The molecule has 1 spiro atoms. The smallest absolute Gasteiger partial charge is 0.263 e. The zero-order chi connectivity index (χ0) is 24.7. The highest BCUT2D eigenvalue weighted by atomic mass is 35.5. The maximum atomic E-state index is 13.3. The molecule has 3 heterocycles. The summed E-state index contributed by atoms with van der Waals surface area (Å²) in [6.07, 6.45) is 4.49. The molecule has 2 aliphatic carbocycles. The molecule has 0 bridgehead atoms. The average molecular weight is 503 g/mol. The number of hydrogen-bond donors (Lipinski definition) is 4. The van der Waals surface area contributed by atoms with Crippen molar-refractivity contribution in [1.29, 1.82) is 0 Å². The molecule has 36 heavy (non-hydrogen) atoms. The van der Waals surface area contributed by atoms with E-state index in [4.69, 9.17) is 22.3 Å². The molecule has 1 aliphatic heterocycles. The number of phenols is 1. The number of nitrogens with one attached hydrogen (secondary N) is 2.